The summed E-state index contributed by atoms with van der Waals surface area (Å²) in [5.41, 5.74) is 2.68. The van der Waals surface area contributed by atoms with Gasteiger partial charge >= 0.3 is 0 Å². The summed E-state index contributed by atoms with van der Waals surface area (Å²) < 4.78 is 25.0. The number of hydrogen-bond donors (Lipinski definition) is 0. The summed E-state index contributed by atoms with van der Waals surface area (Å²) in [7, 11) is 5.74. The fourth-order valence-electron chi connectivity index (χ4n) is 10.8. The van der Waals surface area contributed by atoms with Crippen LogP contribution in [-0.2, 0) is 14.9 Å². The number of likely N-dealkylation sites (N-methyl/N-ethyl adjacent to an activating group) is 1. The minimum Gasteiger partial charge on any atom is -0.493 e. The van der Waals surface area contributed by atoms with Gasteiger partial charge in [-0.05, 0) is 99.4 Å². The first kappa shape index (κ1) is 20.8. The van der Waals surface area contributed by atoms with E-state index in [9.17, 15) is 0 Å². The van der Waals surface area contributed by atoms with Gasteiger partial charge in [0.2, 0.25) is 0 Å². The standard InChI is InChI=1S/C29H39NO4/c1-30-9-8-27(18-4-5-22(31-2)23(12-18)32-3)6-7-28(15-24(27)30)33-16-25(34-28)26-13-20-10-19-11-21(14-26)29(19,20)17-26/h4-5,12,19-21,24-25H,6-11,13-17H2,1-3H3/t19?,20?,21?,24-,25?,26?,27-,28?,29?/m0/s1. The number of fused-ring (bicyclic) bond motifs is 2. The largest absolute Gasteiger partial charge is 0.493 e. The molecule has 4 unspecified atom stereocenters. The van der Waals surface area contributed by atoms with E-state index >= 15 is 0 Å². The zero-order valence-electron chi connectivity index (χ0n) is 21.0. The minimum atomic E-state index is -0.386. The number of methoxy groups -OCH3 is 2. The van der Waals surface area contributed by atoms with E-state index in [4.69, 9.17) is 18.9 Å². The van der Waals surface area contributed by atoms with E-state index in [0.717, 1.165) is 67.1 Å². The second-order valence-corrected chi connectivity index (χ2v) is 13.1. The number of nitrogens with zero attached hydrogens (tertiary/aromatic N) is 1. The number of hydrogen-bond acceptors (Lipinski definition) is 5. The van der Waals surface area contributed by atoms with Crippen LogP contribution in [0, 0.1) is 28.6 Å². The third-order valence-electron chi connectivity index (χ3n) is 12.4. The van der Waals surface area contributed by atoms with Crippen molar-refractivity contribution in [1.29, 1.82) is 0 Å². The van der Waals surface area contributed by atoms with Crippen LogP contribution in [0.3, 0.4) is 0 Å². The molecular weight excluding hydrogens is 426 g/mol. The van der Waals surface area contributed by atoms with Gasteiger partial charge in [-0.1, -0.05) is 6.07 Å². The summed E-state index contributed by atoms with van der Waals surface area (Å²) in [6, 6.07) is 7.00. The summed E-state index contributed by atoms with van der Waals surface area (Å²) in [6.45, 7) is 1.94. The summed E-state index contributed by atoms with van der Waals surface area (Å²) in [4.78, 5) is 2.56. The molecule has 1 aromatic carbocycles. The van der Waals surface area contributed by atoms with E-state index in [2.05, 4.69) is 30.1 Å². The average molecular weight is 466 g/mol. The van der Waals surface area contributed by atoms with Crippen LogP contribution >= 0.6 is 0 Å². The van der Waals surface area contributed by atoms with E-state index in [1.54, 1.807) is 14.2 Å². The normalized spacial score (nSPS) is 52.3. The maximum atomic E-state index is 7.11. The smallest absolute Gasteiger partial charge is 0.170 e. The van der Waals surface area contributed by atoms with Crippen molar-refractivity contribution in [2.24, 2.45) is 28.6 Å². The molecule has 5 nitrogen and oxygen atoms in total. The Morgan fingerprint density at radius 2 is 1.74 bits per heavy atom. The first-order chi connectivity index (χ1) is 16.5. The number of rotatable bonds is 4. The van der Waals surface area contributed by atoms with Crippen molar-refractivity contribution >= 4 is 0 Å². The van der Waals surface area contributed by atoms with Gasteiger partial charge in [0.25, 0.3) is 0 Å². The van der Waals surface area contributed by atoms with Crippen molar-refractivity contribution in [2.75, 3.05) is 34.4 Å². The Kier molecular flexibility index (Phi) is 4.00. The van der Waals surface area contributed by atoms with Gasteiger partial charge in [0.05, 0.1) is 26.9 Å². The molecule has 6 atom stereocenters. The molecule has 1 aromatic rings. The predicted octanol–water partition coefficient (Wildman–Crippen LogP) is 4.77. The van der Waals surface area contributed by atoms with Gasteiger partial charge in [-0.15, -0.1) is 0 Å². The Morgan fingerprint density at radius 3 is 2.44 bits per heavy atom. The molecule has 2 aliphatic heterocycles. The Bertz CT molecular complexity index is 1020. The lowest BCUT2D eigenvalue weighted by Crippen LogP contribution is -2.59. The maximum absolute atomic E-state index is 7.11. The van der Waals surface area contributed by atoms with Gasteiger partial charge < -0.3 is 23.8 Å². The lowest BCUT2D eigenvalue weighted by molar-refractivity contribution is -0.216. The maximum Gasteiger partial charge on any atom is 0.170 e. The Balaban J connectivity index is 1.07. The lowest BCUT2D eigenvalue weighted by atomic mass is 9.38. The zero-order chi connectivity index (χ0) is 22.9. The first-order valence-corrected chi connectivity index (χ1v) is 13.7. The van der Waals surface area contributed by atoms with E-state index in [1.165, 1.54) is 44.1 Å². The first-order valence-electron chi connectivity index (χ1n) is 13.7. The molecule has 0 aromatic heterocycles. The van der Waals surface area contributed by atoms with E-state index in [1.807, 2.05) is 0 Å². The lowest BCUT2D eigenvalue weighted by Gasteiger charge is -2.66. The molecule has 0 radical (unpaired) electrons. The van der Waals surface area contributed by atoms with Crippen LogP contribution in [0.4, 0.5) is 0 Å². The van der Waals surface area contributed by atoms with Crippen molar-refractivity contribution in [3.05, 3.63) is 23.8 Å². The molecule has 2 heterocycles. The molecule has 0 amide bonds. The average Bonchev–Trinajstić information content (AvgIpc) is 3.57. The second-order valence-electron chi connectivity index (χ2n) is 13.1. The Labute approximate surface area is 203 Å². The van der Waals surface area contributed by atoms with Gasteiger partial charge in [0.1, 0.15) is 0 Å². The monoisotopic (exact) mass is 465 g/mol. The van der Waals surface area contributed by atoms with Crippen LogP contribution in [-0.4, -0.2) is 57.3 Å². The third kappa shape index (κ3) is 2.29. The highest BCUT2D eigenvalue weighted by molar-refractivity contribution is 5.46. The Hall–Kier alpha value is -1.30. The molecule has 5 saturated carbocycles. The van der Waals surface area contributed by atoms with Gasteiger partial charge in [0.15, 0.2) is 17.3 Å². The number of ether oxygens (including phenoxy) is 4. The summed E-state index contributed by atoms with van der Waals surface area (Å²) in [5, 5.41) is 0. The second kappa shape index (κ2) is 6.52. The molecule has 184 valence electrons. The molecule has 8 rings (SSSR count). The molecule has 2 saturated heterocycles. The van der Waals surface area contributed by atoms with Gasteiger partial charge in [-0.2, -0.15) is 0 Å². The predicted molar refractivity (Wildman–Crippen MR) is 128 cm³/mol. The molecule has 7 fully saturated rings. The SMILES string of the molecule is COc1ccc([C@]23CCN(C)[C@H]2CC2(CC3)OCC(C34CC5CC6CC(C3)C65C4)O2)cc1OC. The van der Waals surface area contributed by atoms with Crippen molar-refractivity contribution in [3.63, 3.8) is 0 Å². The van der Waals surface area contributed by atoms with Crippen LogP contribution in [0.1, 0.15) is 63.4 Å². The Morgan fingerprint density at radius 1 is 0.941 bits per heavy atom. The molecule has 5 heteroatoms. The van der Waals surface area contributed by atoms with Crippen LogP contribution in [0.15, 0.2) is 18.2 Å². The molecule has 2 bridgehead atoms. The summed E-state index contributed by atoms with van der Waals surface area (Å²) in [6.07, 6.45) is 11.9. The van der Waals surface area contributed by atoms with Crippen molar-refractivity contribution < 1.29 is 18.9 Å². The van der Waals surface area contributed by atoms with Crippen molar-refractivity contribution in [1.82, 2.24) is 4.90 Å². The molecule has 5 aliphatic carbocycles. The fraction of sp³-hybridized carbons (Fsp3) is 0.793. The van der Waals surface area contributed by atoms with Crippen molar-refractivity contribution in [2.45, 2.75) is 81.1 Å². The zero-order valence-corrected chi connectivity index (χ0v) is 21.0. The summed E-state index contributed by atoms with van der Waals surface area (Å²) >= 11 is 0. The van der Waals surface area contributed by atoms with Gasteiger partial charge in [-0.3, -0.25) is 0 Å². The van der Waals surface area contributed by atoms with E-state index in [-0.39, 0.29) is 11.2 Å². The molecule has 34 heavy (non-hydrogen) atoms. The van der Waals surface area contributed by atoms with Gasteiger partial charge in [-0.25, -0.2) is 0 Å². The van der Waals surface area contributed by atoms with Crippen LogP contribution in [0.25, 0.3) is 0 Å². The van der Waals surface area contributed by atoms with Gasteiger partial charge in [0, 0.05) is 29.7 Å². The number of likely N-dealkylation sites (tertiary alicyclic amines) is 1. The highest BCUT2D eigenvalue weighted by Gasteiger charge is 2.79. The molecule has 2 spiro atoms. The van der Waals surface area contributed by atoms with E-state index < -0.39 is 0 Å². The fourth-order valence-corrected chi connectivity index (χ4v) is 10.8. The number of benzene rings is 1. The van der Waals surface area contributed by atoms with E-state index in [0.29, 0.717) is 17.6 Å². The third-order valence-corrected chi connectivity index (χ3v) is 12.4. The van der Waals surface area contributed by atoms with Crippen LogP contribution in [0.5, 0.6) is 11.5 Å². The quantitative estimate of drug-likeness (QED) is 0.641. The molecule has 0 N–H and O–H groups in total. The van der Waals surface area contributed by atoms with Crippen LogP contribution in [0.2, 0.25) is 0 Å². The highest BCUT2D eigenvalue weighted by Crippen LogP contribution is 2.85. The topological polar surface area (TPSA) is 40.2 Å². The minimum absolute atomic E-state index is 0.133. The van der Waals surface area contributed by atoms with Crippen molar-refractivity contribution in [3.8, 4) is 11.5 Å². The summed E-state index contributed by atoms with van der Waals surface area (Å²) in [5.74, 6) is 4.33. The molecular formula is C29H39NO4. The highest BCUT2D eigenvalue weighted by atomic mass is 16.7. The van der Waals surface area contributed by atoms with Crippen LogP contribution < -0.4 is 9.47 Å². The molecule has 7 aliphatic rings.